The zero-order valence-corrected chi connectivity index (χ0v) is 11.0. The molecule has 19 heavy (non-hydrogen) atoms. The second-order valence-corrected chi connectivity index (χ2v) is 4.30. The molecule has 1 N–H and O–H groups in total. The highest BCUT2D eigenvalue weighted by Crippen LogP contribution is 2.02. The number of carbonyl (C=O) groups is 2. The van der Waals surface area contributed by atoms with Gasteiger partial charge in [0, 0.05) is 18.8 Å². The highest BCUT2D eigenvalue weighted by atomic mass is 16.6. The SMILES string of the molecule is Cc1cc(C(=O)NCCN2CCOC2=O)nc(C)n1. The number of cyclic esters (lactones) is 1. The van der Waals surface area contributed by atoms with E-state index in [4.69, 9.17) is 4.74 Å². The zero-order chi connectivity index (χ0) is 13.8. The van der Waals surface area contributed by atoms with Crippen molar-refractivity contribution in [2.75, 3.05) is 26.2 Å². The fourth-order valence-corrected chi connectivity index (χ4v) is 1.86. The van der Waals surface area contributed by atoms with Crippen molar-refractivity contribution < 1.29 is 14.3 Å². The average Bonchev–Trinajstić information content (AvgIpc) is 2.74. The number of amides is 2. The molecule has 0 radical (unpaired) electrons. The van der Waals surface area contributed by atoms with Gasteiger partial charge in [0.15, 0.2) is 0 Å². The number of nitrogens with zero attached hydrogens (tertiary/aromatic N) is 3. The van der Waals surface area contributed by atoms with Crippen LogP contribution >= 0.6 is 0 Å². The number of carbonyl (C=O) groups excluding carboxylic acids is 2. The van der Waals surface area contributed by atoms with Gasteiger partial charge in [0.05, 0.1) is 6.54 Å². The summed E-state index contributed by atoms with van der Waals surface area (Å²) in [5.41, 5.74) is 1.09. The third-order valence-corrected chi connectivity index (χ3v) is 2.71. The molecule has 0 atom stereocenters. The standard InChI is InChI=1S/C12H16N4O3/c1-8-7-10(15-9(2)14-8)11(17)13-3-4-16-5-6-19-12(16)18/h7H,3-6H2,1-2H3,(H,13,17). The second kappa shape index (κ2) is 5.64. The van der Waals surface area contributed by atoms with E-state index in [2.05, 4.69) is 15.3 Å². The Bertz CT molecular complexity index is 483. The lowest BCUT2D eigenvalue weighted by Crippen LogP contribution is -2.35. The number of rotatable bonds is 4. The smallest absolute Gasteiger partial charge is 0.409 e. The summed E-state index contributed by atoms with van der Waals surface area (Å²) >= 11 is 0. The molecule has 0 aliphatic carbocycles. The van der Waals surface area contributed by atoms with Gasteiger partial charge in [-0.05, 0) is 19.9 Å². The molecule has 0 spiro atoms. The maximum atomic E-state index is 11.9. The van der Waals surface area contributed by atoms with Gasteiger partial charge in [-0.25, -0.2) is 14.8 Å². The van der Waals surface area contributed by atoms with Crippen LogP contribution in [-0.2, 0) is 4.74 Å². The molecule has 1 aromatic heterocycles. The Hall–Kier alpha value is -2.18. The predicted molar refractivity (Wildman–Crippen MR) is 66.8 cm³/mol. The highest BCUT2D eigenvalue weighted by Gasteiger charge is 2.21. The van der Waals surface area contributed by atoms with Crippen molar-refractivity contribution in [3.63, 3.8) is 0 Å². The van der Waals surface area contributed by atoms with Crippen molar-refractivity contribution in [3.05, 3.63) is 23.3 Å². The molecule has 102 valence electrons. The van der Waals surface area contributed by atoms with E-state index >= 15 is 0 Å². The maximum Gasteiger partial charge on any atom is 0.409 e. The van der Waals surface area contributed by atoms with E-state index in [1.807, 2.05) is 6.92 Å². The van der Waals surface area contributed by atoms with Crippen molar-refractivity contribution in [1.82, 2.24) is 20.2 Å². The average molecular weight is 264 g/mol. The summed E-state index contributed by atoms with van der Waals surface area (Å²) in [7, 11) is 0. The Labute approximate surface area is 111 Å². The summed E-state index contributed by atoms with van der Waals surface area (Å²) in [4.78, 5) is 32.8. The van der Waals surface area contributed by atoms with Crippen LogP contribution < -0.4 is 5.32 Å². The first-order valence-corrected chi connectivity index (χ1v) is 6.08. The lowest BCUT2D eigenvalue weighted by atomic mass is 10.3. The quantitative estimate of drug-likeness (QED) is 0.844. The molecule has 0 aromatic carbocycles. The maximum absolute atomic E-state index is 11.9. The minimum Gasteiger partial charge on any atom is -0.448 e. The number of aryl methyl sites for hydroxylation is 2. The van der Waals surface area contributed by atoms with Gasteiger partial charge in [-0.2, -0.15) is 0 Å². The normalized spacial score (nSPS) is 14.4. The molecular formula is C12H16N4O3. The van der Waals surface area contributed by atoms with Crippen LogP contribution in [-0.4, -0.2) is 53.1 Å². The van der Waals surface area contributed by atoms with Gasteiger partial charge in [0.2, 0.25) is 0 Å². The monoisotopic (exact) mass is 264 g/mol. The fourth-order valence-electron chi connectivity index (χ4n) is 1.86. The van der Waals surface area contributed by atoms with E-state index in [-0.39, 0.29) is 12.0 Å². The summed E-state index contributed by atoms with van der Waals surface area (Å²) in [5, 5.41) is 2.72. The number of ether oxygens (including phenoxy) is 1. The number of aromatic nitrogens is 2. The van der Waals surface area contributed by atoms with Crippen LogP contribution in [0.1, 0.15) is 22.0 Å². The van der Waals surface area contributed by atoms with Crippen LogP contribution in [0.2, 0.25) is 0 Å². The Kier molecular flexibility index (Phi) is 3.94. The number of hydrogen-bond donors (Lipinski definition) is 1. The molecule has 2 rings (SSSR count). The second-order valence-electron chi connectivity index (χ2n) is 4.30. The highest BCUT2D eigenvalue weighted by molar-refractivity contribution is 5.92. The van der Waals surface area contributed by atoms with Crippen molar-refractivity contribution in [3.8, 4) is 0 Å². The van der Waals surface area contributed by atoms with Crippen LogP contribution in [0.4, 0.5) is 4.79 Å². The van der Waals surface area contributed by atoms with E-state index in [0.29, 0.717) is 37.8 Å². The van der Waals surface area contributed by atoms with E-state index in [1.165, 1.54) is 0 Å². The van der Waals surface area contributed by atoms with Gasteiger partial charge in [0.25, 0.3) is 5.91 Å². The summed E-state index contributed by atoms with van der Waals surface area (Å²) < 4.78 is 4.79. The fraction of sp³-hybridized carbons (Fsp3) is 0.500. The largest absolute Gasteiger partial charge is 0.448 e. The molecule has 0 saturated carbocycles. The Morgan fingerprint density at radius 2 is 2.26 bits per heavy atom. The zero-order valence-electron chi connectivity index (χ0n) is 11.0. The molecule has 2 heterocycles. The number of nitrogens with one attached hydrogen (secondary N) is 1. The van der Waals surface area contributed by atoms with Crippen molar-refractivity contribution in [2.45, 2.75) is 13.8 Å². The molecule has 7 nitrogen and oxygen atoms in total. The van der Waals surface area contributed by atoms with E-state index in [1.54, 1.807) is 17.9 Å². The van der Waals surface area contributed by atoms with Gasteiger partial charge in [-0.3, -0.25) is 4.79 Å². The molecular weight excluding hydrogens is 248 g/mol. The minimum atomic E-state index is -0.331. The van der Waals surface area contributed by atoms with Crippen LogP contribution in [0, 0.1) is 13.8 Å². The molecule has 1 saturated heterocycles. The molecule has 1 fully saturated rings. The van der Waals surface area contributed by atoms with Crippen LogP contribution in [0.5, 0.6) is 0 Å². The van der Waals surface area contributed by atoms with E-state index < -0.39 is 0 Å². The molecule has 2 amide bonds. The van der Waals surface area contributed by atoms with Crippen molar-refractivity contribution >= 4 is 12.0 Å². The summed E-state index contributed by atoms with van der Waals surface area (Å²) in [6.07, 6.45) is -0.331. The van der Waals surface area contributed by atoms with Crippen LogP contribution in [0.3, 0.4) is 0 Å². The molecule has 0 unspecified atom stereocenters. The molecule has 0 bridgehead atoms. The van der Waals surface area contributed by atoms with E-state index in [9.17, 15) is 9.59 Å². The van der Waals surface area contributed by atoms with E-state index in [0.717, 1.165) is 5.69 Å². The topological polar surface area (TPSA) is 84.4 Å². The predicted octanol–water partition coefficient (Wildman–Crippen LogP) is 0.275. The first-order valence-electron chi connectivity index (χ1n) is 6.08. The van der Waals surface area contributed by atoms with Gasteiger partial charge >= 0.3 is 6.09 Å². The first-order chi connectivity index (χ1) is 9.06. The summed E-state index contributed by atoms with van der Waals surface area (Å²) in [6.45, 7) is 5.34. The minimum absolute atomic E-state index is 0.263. The van der Waals surface area contributed by atoms with Gasteiger partial charge in [-0.1, -0.05) is 0 Å². The summed E-state index contributed by atoms with van der Waals surface area (Å²) in [5.74, 6) is 0.300. The van der Waals surface area contributed by atoms with Crippen molar-refractivity contribution in [2.24, 2.45) is 0 Å². The third kappa shape index (κ3) is 3.40. The lowest BCUT2D eigenvalue weighted by Gasteiger charge is -2.12. The molecule has 1 aliphatic heterocycles. The molecule has 7 heteroatoms. The Morgan fingerprint density at radius 1 is 1.47 bits per heavy atom. The van der Waals surface area contributed by atoms with Crippen LogP contribution in [0.15, 0.2) is 6.07 Å². The number of hydrogen-bond acceptors (Lipinski definition) is 5. The van der Waals surface area contributed by atoms with Gasteiger partial charge in [0.1, 0.15) is 18.1 Å². The third-order valence-electron chi connectivity index (χ3n) is 2.71. The molecule has 1 aromatic rings. The first kappa shape index (κ1) is 13.3. The Balaban J connectivity index is 1.85. The van der Waals surface area contributed by atoms with Crippen molar-refractivity contribution in [1.29, 1.82) is 0 Å². The summed E-state index contributed by atoms with van der Waals surface area (Å²) in [6, 6.07) is 1.63. The van der Waals surface area contributed by atoms with Crippen LogP contribution in [0.25, 0.3) is 0 Å². The van der Waals surface area contributed by atoms with Gasteiger partial charge < -0.3 is 15.0 Å². The lowest BCUT2D eigenvalue weighted by molar-refractivity contribution is 0.0943. The molecule has 1 aliphatic rings. The Morgan fingerprint density at radius 3 is 2.89 bits per heavy atom. The van der Waals surface area contributed by atoms with Gasteiger partial charge in [-0.15, -0.1) is 0 Å².